The number of thiazole rings is 1. The van der Waals surface area contributed by atoms with E-state index < -0.39 is 0 Å². The lowest BCUT2D eigenvalue weighted by Crippen LogP contribution is -2.24. The summed E-state index contributed by atoms with van der Waals surface area (Å²) in [6.45, 7) is 3.53. The molecule has 3 rings (SSSR count). The van der Waals surface area contributed by atoms with E-state index in [1.165, 1.54) is 0 Å². The average molecular weight is 431 g/mol. The first kappa shape index (κ1) is 21.5. The molecule has 0 atom stereocenters. The summed E-state index contributed by atoms with van der Waals surface area (Å²) in [6.07, 6.45) is 3.33. The van der Waals surface area contributed by atoms with Crippen LogP contribution in [0.15, 0.2) is 34.7 Å². The molecule has 3 heterocycles. The zero-order valence-corrected chi connectivity index (χ0v) is 18.8. The molecule has 0 spiro atoms. The van der Waals surface area contributed by atoms with Gasteiger partial charge in [0, 0.05) is 60.7 Å². The smallest absolute Gasteiger partial charge is 0.262 e. The Labute approximate surface area is 179 Å². The highest BCUT2D eigenvalue weighted by atomic mass is 32.2. The first-order valence-electron chi connectivity index (χ1n) is 9.32. The Morgan fingerprint density at radius 3 is 2.79 bits per heavy atom. The second-order valence-corrected chi connectivity index (χ2v) is 9.05. The van der Waals surface area contributed by atoms with Crippen molar-refractivity contribution in [3.05, 3.63) is 56.7 Å². The number of nitrogens with one attached hydrogen (secondary N) is 1. The molecule has 29 heavy (non-hydrogen) atoms. The lowest BCUT2D eigenvalue weighted by molar-refractivity contribution is 0.401. The van der Waals surface area contributed by atoms with E-state index in [1.54, 1.807) is 35.3 Å². The highest BCUT2D eigenvalue weighted by Crippen LogP contribution is 2.17. The lowest BCUT2D eigenvalue weighted by atomic mass is 10.1. The van der Waals surface area contributed by atoms with Crippen molar-refractivity contribution in [3.63, 3.8) is 0 Å². The molecule has 0 amide bonds. The van der Waals surface area contributed by atoms with Gasteiger partial charge in [0.2, 0.25) is 5.95 Å². The molecule has 7 nitrogen and oxygen atoms in total. The molecule has 0 bridgehead atoms. The second kappa shape index (κ2) is 10.00. The Hall–Kier alpha value is -2.23. The van der Waals surface area contributed by atoms with Crippen LogP contribution in [0.3, 0.4) is 0 Å². The zero-order valence-electron chi connectivity index (χ0n) is 17.2. The van der Waals surface area contributed by atoms with Gasteiger partial charge in [-0.1, -0.05) is 6.07 Å². The van der Waals surface area contributed by atoms with Crippen LogP contribution < -0.4 is 10.9 Å². The van der Waals surface area contributed by atoms with Crippen molar-refractivity contribution in [3.8, 4) is 11.1 Å². The third-order valence-electron chi connectivity index (χ3n) is 4.22. The summed E-state index contributed by atoms with van der Waals surface area (Å²) in [6, 6.07) is 3.79. The molecule has 0 aromatic carbocycles. The van der Waals surface area contributed by atoms with Crippen LogP contribution >= 0.6 is 23.1 Å². The molecule has 3 aromatic rings. The molecule has 154 valence electrons. The van der Waals surface area contributed by atoms with Crippen LogP contribution in [0.1, 0.15) is 16.4 Å². The molecule has 0 saturated carbocycles. The number of pyridine rings is 1. The Kier molecular flexibility index (Phi) is 7.40. The highest BCUT2D eigenvalue weighted by molar-refractivity contribution is 7.98. The van der Waals surface area contributed by atoms with Gasteiger partial charge in [0.05, 0.1) is 11.3 Å². The average Bonchev–Trinajstić information content (AvgIpc) is 3.12. The van der Waals surface area contributed by atoms with Gasteiger partial charge in [0.1, 0.15) is 5.01 Å². The molecule has 3 aromatic heterocycles. The molecule has 0 fully saturated rings. The van der Waals surface area contributed by atoms with Gasteiger partial charge in [-0.05, 0) is 27.1 Å². The topological polar surface area (TPSA) is 75.9 Å². The van der Waals surface area contributed by atoms with Crippen molar-refractivity contribution in [2.75, 3.05) is 31.7 Å². The van der Waals surface area contributed by atoms with E-state index in [0.717, 1.165) is 46.6 Å². The molecule has 0 unspecified atom stereocenters. The van der Waals surface area contributed by atoms with E-state index in [1.807, 2.05) is 44.9 Å². The van der Waals surface area contributed by atoms with Gasteiger partial charge in [0.25, 0.3) is 5.56 Å². The molecule has 0 aliphatic heterocycles. The molecule has 0 aliphatic rings. The van der Waals surface area contributed by atoms with E-state index in [0.29, 0.717) is 11.5 Å². The Morgan fingerprint density at radius 2 is 2.07 bits per heavy atom. The maximum atomic E-state index is 12.7. The summed E-state index contributed by atoms with van der Waals surface area (Å²) < 4.78 is 1.55. The van der Waals surface area contributed by atoms with Crippen LogP contribution in [-0.2, 0) is 19.3 Å². The first-order chi connectivity index (χ1) is 13.9. The predicted octanol–water partition coefficient (Wildman–Crippen LogP) is 3.01. The monoisotopic (exact) mass is 430 g/mol. The fourth-order valence-corrected chi connectivity index (χ4v) is 4.47. The third-order valence-corrected chi connectivity index (χ3v) is 6.10. The van der Waals surface area contributed by atoms with Crippen molar-refractivity contribution < 1.29 is 0 Å². The zero-order chi connectivity index (χ0) is 20.8. The number of rotatable bonds is 9. The summed E-state index contributed by atoms with van der Waals surface area (Å²) in [4.78, 5) is 28.1. The van der Waals surface area contributed by atoms with Crippen molar-refractivity contribution in [1.29, 1.82) is 0 Å². The van der Waals surface area contributed by atoms with Crippen molar-refractivity contribution in [2.45, 2.75) is 19.2 Å². The lowest BCUT2D eigenvalue weighted by Gasteiger charge is -2.11. The number of hydrogen-bond acceptors (Lipinski definition) is 8. The maximum absolute atomic E-state index is 12.7. The molecule has 1 N–H and O–H groups in total. The first-order valence-corrected chi connectivity index (χ1v) is 11.4. The van der Waals surface area contributed by atoms with Crippen molar-refractivity contribution in [1.82, 2.24) is 24.4 Å². The van der Waals surface area contributed by atoms with Gasteiger partial charge >= 0.3 is 0 Å². The SMILES string of the molecule is Cc1ccc(-c2cnc(NCCSCc3csc(CN(C)C)n3)n(C)c2=O)cn1. The summed E-state index contributed by atoms with van der Waals surface area (Å²) >= 11 is 3.52. The summed E-state index contributed by atoms with van der Waals surface area (Å²) in [5.74, 6) is 2.36. The quantitative estimate of drug-likeness (QED) is 0.523. The molecule has 0 radical (unpaired) electrons. The molecular formula is C20H26N6OS2. The number of anilines is 1. The van der Waals surface area contributed by atoms with Crippen molar-refractivity contribution in [2.24, 2.45) is 7.05 Å². The second-order valence-electron chi connectivity index (χ2n) is 7.00. The van der Waals surface area contributed by atoms with Gasteiger partial charge in [-0.25, -0.2) is 9.97 Å². The molecule has 0 saturated heterocycles. The van der Waals surface area contributed by atoms with E-state index in [2.05, 4.69) is 30.5 Å². The molecule has 0 aliphatic carbocycles. The van der Waals surface area contributed by atoms with Crippen LogP contribution in [0.4, 0.5) is 5.95 Å². The standard InChI is InChI=1S/C20H26N6OS2/c1-14-5-6-15(9-22-14)17-10-23-20(26(4)19(17)27)21-7-8-28-12-16-13-29-18(24-16)11-25(2)3/h5-6,9-10,13H,7-8,11-12H2,1-4H3,(H,21,23). The van der Waals surface area contributed by atoms with E-state index in [-0.39, 0.29) is 5.56 Å². The number of hydrogen-bond donors (Lipinski definition) is 1. The van der Waals surface area contributed by atoms with E-state index in [4.69, 9.17) is 0 Å². The molecule has 9 heteroatoms. The van der Waals surface area contributed by atoms with E-state index in [9.17, 15) is 4.79 Å². The number of aryl methyl sites for hydroxylation is 1. The predicted molar refractivity (Wildman–Crippen MR) is 122 cm³/mol. The fraction of sp³-hybridized carbons (Fsp3) is 0.400. The minimum atomic E-state index is -0.0864. The maximum Gasteiger partial charge on any atom is 0.262 e. The largest absolute Gasteiger partial charge is 0.355 e. The third kappa shape index (κ3) is 5.88. The number of thioether (sulfide) groups is 1. The van der Waals surface area contributed by atoms with Crippen LogP contribution in [0, 0.1) is 6.92 Å². The van der Waals surface area contributed by atoms with Crippen molar-refractivity contribution >= 4 is 29.0 Å². The Morgan fingerprint density at radius 1 is 1.24 bits per heavy atom. The summed E-state index contributed by atoms with van der Waals surface area (Å²) in [5, 5.41) is 6.52. The summed E-state index contributed by atoms with van der Waals surface area (Å²) in [7, 11) is 5.83. The fourth-order valence-electron chi connectivity index (χ4n) is 2.70. The van der Waals surface area contributed by atoms with Gasteiger partial charge in [-0.3, -0.25) is 14.3 Å². The van der Waals surface area contributed by atoms with E-state index >= 15 is 0 Å². The normalized spacial score (nSPS) is 11.2. The van der Waals surface area contributed by atoms with Crippen LogP contribution in [0.2, 0.25) is 0 Å². The molecular weight excluding hydrogens is 404 g/mol. The van der Waals surface area contributed by atoms with Crippen LogP contribution in [-0.4, -0.2) is 50.8 Å². The van der Waals surface area contributed by atoms with Crippen LogP contribution in [0.5, 0.6) is 0 Å². The number of aromatic nitrogens is 4. The Balaban J connectivity index is 1.51. The summed E-state index contributed by atoms with van der Waals surface area (Å²) in [5.41, 5.74) is 3.29. The van der Waals surface area contributed by atoms with Gasteiger partial charge in [-0.15, -0.1) is 11.3 Å². The minimum Gasteiger partial charge on any atom is -0.355 e. The van der Waals surface area contributed by atoms with Gasteiger partial charge < -0.3 is 10.2 Å². The van der Waals surface area contributed by atoms with Gasteiger partial charge in [-0.2, -0.15) is 11.8 Å². The number of nitrogens with zero attached hydrogens (tertiary/aromatic N) is 5. The Bertz CT molecular complexity index is 997. The highest BCUT2D eigenvalue weighted by Gasteiger charge is 2.09. The van der Waals surface area contributed by atoms with Gasteiger partial charge in [0.15, 0.2) is 0 Å². The minimum absolute atomic E-state index is 0.0864. The van der Waals surface area contributed by atoms with Crippen LogP contribution in [0.25, 0.3) is 11.1 Å².